The van der Waals surface area contributed by atoms with Crippen molar-refractivity contribution < 1.29 is 14.3 Å². The highest BCUT2D eigenvalue weighted by atomic mass is 16.6. The van der Waals surface area contributed by atoms with Crippen molar-refractivity contribution in [3.63, 3.8) is 0 Å². The number of rotatable bonds is 6. The van der Waals surface area contributed by atoms with Crippen LogP contribution in [0.3, 0.4) is 0 Å². The molecule has 0 spiro atoms. The van der Waals surface area contributed by atoms with Gasteiger partial charge in [-0.25, -0.2) is 0 Å². The second kappa shape index (κ2) is 4.78. The zero-order valence-electron chi connectivity index (χ0n) is 9.34. The van der Waals surface area contributed by atoms with Gasteiger partial charge in [-0.2, -0.15) is 0 Å². The fraction of sp³-hybridized carbons (Fsp3) is 0.909. The summed E-state index contributed by atoms with van der Waals surface area (Å²) in [7, 11) is 0. The Morgan fingerprint density at radius 2 is 2.21 bits per heavy atom. The summed E-state index contributed by atoms with van der Waals surface area (Å²) in [6.45, 7) is 7.27. The van der Waals surface area contributed by atoms with Crippen LogP contribution >= 0.6 is 0 Å². The third-order valence-corrected chi connectivity index (χ3v) is 2.88. The smallest absolute Gasteiger partial charge is 0.311 e. The van der Waals surface area contributed by atoms with E-state index in [9.17, 15) is 4.79 Å². The molecule has 0 radical (unpaired) electrons. The van der Waals surface area contributed by atoms with Crippen LogP contribution in [-0.2, 0) is 14.3 Å². The van der Waals surface area contributed by atoms with Crippen LogP contribution in [0.1, 0.15) is 40.0 Å². The van der Waals surface area contributed by atoms with Gasteiger partial charge in [0.15, 0.2) is 0 Å². The monoisotopic (exact) mass is 200 g/mol. The highest BCUT2D eigenvalue weighted by Gasteiger charge is 2.33. The first-order valence-electron chi connectivity index (χ1n) is 5.41. The molecular formula is C11H20O3. The SMILES string of the molecule is CCCC(C)(CC)C(=O)OCC1CO1. The molecule has 14 heavy (non-hydrogen) atoms. The molecule has 1 saturated heterocycles. The topological polar surface area (TPSA) is 38.8 Å². The van der Waals surface area contributed by atoms with Crippen LogP contribution in [0.25, 0.3) is 0 Å². The summed E-state index contributed by atoms with van der Waals surface area (Å²) in [5, 5.41) is 0. The quantitative estimate of drug-likeness (QED) is 0.487. The minimum Gasteiger partial charge on any atom is -0.462 e. The molecule has 82 valence electrons. The molecule has 0 saturated carbocycles. The molecule has 1 aliphatic rings. The average molecular weight is 200 g/mol. The standard InChI is InChI=1S/C11H20O3/c1-4-6-11(3,5-2)10(12)14-8-9-7-13-9/h9H,4-8H2,1-3H3. The highest BCUT2D eigenvalue weighted by Crippen LogP contribution is 2.29. The van der Waals surface area contributed by atoms with E-state index < -0.39 is 0 Å². The zero-order chi connectivity index (χ0) is 10.6. The maximum Gasteiger partial charge on any atom is 0.311 e. The minimum atomic E-state index is -0.302. The van der Waals surface area contributed by atoms with Crippen molar-refractivity contribution >= 4 is 5.97 Å². The van der Waals surface area contributed by atoms with Gasteiger partial charge in [0.1, 0.15) is 12.7 Å². The number of esters is 1. The van der Waals surface area contributed by atoms with Crippen LogP contribution in [0.2, 0.25) is 0 Å². The van der Waals surface area contributed by atoms with Gasteiger partial charge < -0.3 is 9.47 Å². The Kier molecular flexibility index (Phi) is 3.93. The van der Waals surface area contributed by atoms with Crippen molar-refractivity contribution in [2.75, 3.05) is 13.2 Å². The van der Waals surface area contributed by atoms with Gasteiger partial charge in [0.25, 0.3) is 0 Å². The van der Waals surface area contributed by atoms with Gasteiger partial charge in [0.05, 0.1) is 12.0 Å². The van der Waals surface area contributed by atoms with Gasteiger partial charge >= 0.3 is 5.97 Å². The van der Waals surface area contributed by atoms with E-state index in [0.717, 1.165) is 25.9 Å². The summed E-state index contributed by atoms with van der Waals surface area (Å²) in [5.41, 5.74) is -0.302. The van der Waals surface area contributed by atoms with Crippen molar-refractivity contribution in [2.45, 2.75) is 46.1 Å². The van der Waals surface area contributed by atoms with E-state index in [0.29, 0.717) is 6.61 Å². The van der Waals surface area contributed by atoms with E-state index in [1.807, 2.05) is 13.8 Å². The Balaban J connectivity index is 2.36. The molecule has 2 unspecified atom stereocenters. The number of carbonyl (C=O) groups is 1. The van der Waals surface area contributed by atoms with E-state index in [1.54, 1.807) is 0 Å². The van der Waals surface area contributed by atoms with Crippen LogP contribution in [0.15, 0.2) is 0 Å². The lowest BCUT2D eigenvalue weighted by Gasteiger charge is -2.25. The number of carbonyl (C=O) groups excluding carboxylic acids is 1. The van der Waals surface area contributed by atoms with Crippen LogP contribution in [0, 0.1) is 5.41 Å². The number of epoxide rings is 1. The maximum atomic E-state index is 11.7. The van der Waals surface area contributed by atoms with Crippen molar-refractivity contribution in [1.82, 2.24) is 0 Å². The molecule has 0 aromatic rings. The Labute approximate surface area is 85.8 Å². The van der Waals surface area contributed by atoms with E-state index >= 15 is 0 Å². The number of ether oxygens (including phenoxy) is 2. The maximum absolute atomic E-state index is 11.7. The lowest BCUT2D eigenvalue weighted by molar-refractivity contribution is -0.156. The normalized spacial score (nSPS) is 24.1. The predicted octanol–water partition coefficient (Wildman–Crippen LogP) is 2.14. The van der Waals surface area contributed by atoms with Crippen LogP contribution in [0.4, 0.5) is 0 Å². The van der Waals surface area contributed by atoms with E-state index in [1.165, 1.54) is 0 Å². The lowest BCUT2D eigenvalue weighted by Crippen LogP contribution is -2.30. The summed E-state index contributed by atoms with van der Waals surface area (Å²) in [6.07, 6.45) is 2.92. The molecule has 0 aliphatic carbocycles. The van der Waals surface area contributed by atoms with Crippen molar-refractivity contribution in [3.05, 3.63) is 0 Å². The van der Waals surface area contributed by atoms with Crippen molar-refractivity contribution in [1.29, 1.82) is 0 Å². The minimum absolute atomic E-state index is 0.0719. The second-order valence-electron chi connectivity index (χ2n) is 4.22. The van der Waals surface area contributed by atoms with Gasteiger partial charge in [-0.15, -0.1) is 0 Å². The summed E-state index contributed by atoms with van der Waals surface area (Å²) in [5.74, 6) is -0.0719. The second-order valence-corrected chi connectivity index (χ2v) is 4.22. The molecule has 0 amide bonds. The van der Waals surface area contributed by atoms with Gasteiger partial charge in [-0.3, -0.25) is 4.79 Å². The van der Waals surface area contributed by atoms with Gasteiger partial charge in [-0.05, 0) is 19.8 Å². The molecule has 1 heterocycles. The third-order valence-electron chi connectivity index (χ3n) is 2.88. The lowest BCUT2D eigenvalue weighted by atomic mass is 9.83. The average Bonchev–Trinajstić information content (AvgIpc) is 2.98. The fourth-order valence-corrected chi connectivity index (χ4v) is 1.48. The van der Waals surface area contributed by atoms with Crippen LogP contribution in [0.5, 0.6) is 0 Å². The molecule has 3 nitrogen and oxygen atoms in total. The first-order chi connectivity index (χ1) is 6.62. The van der Waals surface area contributed by atoms with Gasteiger partial charge in [-0.1, -0.05) is 20.3 Å². The van der Waals surface area contributed by atoms with Gasteiger partial charge in [0, 0.05) is 0 Å². The summed E-state index contributed by atoms with van der Waals surface area (Å²) in [6, 6.07) is 0. The molecule has 2 atom stereocenters. The molecule has 0 aromatic heterocycles. The Bertz CT molecular complexity index is 199. The molecule has 1 rings (SSSR count). The van der Waals surface area contributed by atoms with Crippen LogP contribution < -0.4 is 0 Å². The zero-order valence-corrected chi connectivity index (χ0v) is 9.34. The Hall–Kier alpha value is -0.570. The fourth-order valence-electron chi connectivity index (χ4n) is 1.48. The molecule has 1 fully saturated rings. The largest absolute Gasteiger partial charge is 0.462 e. The molecule has 3 heteroatoms. The molecular weight excluding hydrogens is 180 g/mol. The highest BCUT2D eigenvalue weighted by molar-refractivity contribution is 5.76. The molecule has 1 aliphatic heterocycles. The van der Waals surface area contributed by atoms with Crippen molar-refractivity contribution in [2.24, 2.45) is 5.41 Å². The number of hydrogen-bond acceptors (Lipinski definition) is 3. The van der Waals surface area contributed by atoms with Crippen LogP contribution in [-0.4, -0.2) is 25.3 Å². The first-order valence-corrected chi connectivity index (χ1v) is 5.41. The van der Waals surface area contributed by atoms with Crippen molar-refractivity contribution in [3.8, 4) is 0 Å². The van der Waals surface area contributed by atoms with Gasteiger partial charge in [0.2, 0.25) is 0 Å². The molecule has 0 aromatic carbocycles. The number of hydrogen-bond donors (Lipinski definition) is 0. The van der Waals surface area contributed by atoms with E-state index in [-0.39, 0.29) is 17.5 Å². The summed E-state index contributed by atoms with van der Waals surface area (Å²) in [4.78, 5) is 11.7. The Morgan fingerprint density at radius 1 is 1.57 bits per heavy atom. The Morgan fingerprint density at radius 3 is 2.64 bits per heavy atom. The summed E-state index contributed by atoms with van der Waals surface area (Å²) < 4.78 is 10.2. The van der Waals surface area contributed by atoms with E-state index in [4.69, 9.17) is 9.47 Å². The third kappa shape index (κ3) is 2.98. The molecule has 0 bridgehead atoms. The van der Waals surface area contributed by atoms with E-state index in [2.05, 4.69) is 6.92 Å². The molecule has 0 N–H and O–H groups in total. The first kappa shape index (κ1) is 11.5. The predicted molar refractivity (Wildman–Crippen MR) is 54.0 cm³/mol. The summed E-state index contributed by atoms with van der Waals surface area (Å²) >= 11 is 0.